The third kappa shape index (κ3) is 5.53. The van der Waals surface area contributed by atoms with Gasteiger partial charge >= 0.3 is 17.9 Å². The number of hydrogen-bond donors (Lipinski definition) is 3. The fourth-order valence-corrected chi connectivity index (χ4v) is 5.51. The average molecular weight is 559 g/mol. The number of Topliss-reactive ketones (excluding diaryl/α,β-unsaturated/α-hetero) is 1. The van der Waals surface area contributed by atoms with Crippen LogP contribution in [0, 0.1) is 17.8 Å². The van der Waals surface area contributed by atoms with E-state index in [1.165, 1.54) is 13.0 Å². The first-order chi connectivity index (χ1) is 18.0. The van der Waals surface area contributed by atoms with E-state index in [0.717, 1.165) is 0 Å². The van der Waals surface area contributed by atoms with Crippen LogP contribution in [0.3, 0.4) is 0 Å². The zero-order valence-electron chi connectivity index (χ0n) is 21.6. The van der Waals surface area contributed by atoms with E-state index in [4.69, 9.17) is 30.5 Å². The summed E-state index contributed by atoms with van der Waals surface area (Å²) in [6.45, 7) is 7.51. The number of rotatable bonds is 9. The summed E-state index contributed by atoms with van der Waals surface area (Å²) in [6.07, 6.45) is -5.23. The molecule has 3 fully saturated rings. The Morgan fingerprint density at radius 2 is 2.00 bits per heavy atom. The van der Waals surface area contributed by atoms with Gasteiger partial charge in [0.15, 0.2) is 5.78 Å². The fourth-order valence-electron chi connectivity index (χ4n) is 5.16. The molecule has 0 saturated carbocycles. The van der Waals surface area contributed by atoms with E-state index in [1.54, 1.807) is 6.92 Å². The Morgan fingerprint density at radius 3 is 2.58 bits per heavy atom. The number of hydrogen-bond acceptors (Lipinski definition) is 11. The number of fused-ring (bicyclic) bond motifs is 3. The minimum Gasteiger partial charge on any atom is -0.457 e. The second-order valence-corrected chi connectivity index (χ2v) is 10.3. The summed E-state index contributed by atoms with van der Waals surface area (Å²) >= 11 is 6.23. The summed E-state index contributed by atoms with van der Waals surface area (Å²) in [5, 5.41) is 32.5. The van der Waals surface area contributed by atoms with Crippen LogP contribution < -0.4 is 0 Å². The molecule has 3 rings (SSSR count). The Balaban J connectivity index is 2.07. The van der Waals surface area contributed by atoms with Crippen molar-refractivity contribution in [2.24, 2.45) is 17.8 Å². The molecule has 3 saturated heterocycles. The van der Waals surface area contributed by atoms with Gasteiger partial charge in [-0.1, -0.05) is 26.5 Å². The highest BCUT2D eigenvalue weighted by molar-refractivity contribution is 6.18. The van der Waals surface area contributed by atoms with Gasteiger partial charge < -0.3 is 34.3 Å². The lowest BCUT2D eigenvalue weighted by molar-refractivity contribution is -0.179. The number of carbonyl (C=O) groups excluding carboxylic acids is 4. The molecule has 0 aromatic heterocycles. The van der Waals surface area contributed by atoms with Crippen molar-refractivity contribution in [2.75, 3.05) is 19.1 Å². The Kier molecular flexibility index (Phi) is 9.75. The van der Waals surface area contributed by atoms with E-state index in [9.17, 15) is 34.5 Å². The van der Waals surface area contributed by atoms with Crippen LogP contribution >= 0.6 is 11.6 Å². The van der Waals surface area contributed by atoms with Gasteiger partial charge in [0, 0.05) is 11.5 Å². The van der Waals surface area contributed by atoms with Crippen LogP contribution in [0.25, 0.3) is 0 Å². The number of carbonyl (C=O) groups is 4. The van der Waals surface area contributed by atoms with Gasteiger partial charge in [-0.3, -0.25) is 9.59 Å². The number of allylic oxidation sites excluding steroid dienone is 1. The summed E-state index contributed by atoms with van der Waals surface area (Å²) < 4.78 is 22.3. The molecule has 212 valence electrons. The van der Waals surface area contributed by atoms with E-state index in [-0.39, 0.29) is 41.6 Å². The highest BCUT2D eigenvalue weighted by atomic mass is 35.5. The predicted molar refractivity (Wildman–Crippen MR) is 132 cm³/mol. The maximum atomic E-state index is 13.4. The van der Waals surface area contributed by atoms with Crippen molar-refractivity contribution in [2.45, 2.75) is 76.2 Å². The second kappa shape index (κ2) is 12.3. The first-order valence-corrected chi connectivity index (χ1v) is 13.2. The molecular formula is C26H35ClO11. The third-order valence-electron chi connectivity index (χ3n) is 7.85. The van der Waals surface area contributed by atoms with Gasteiger partial charge in [0.1, 0.15) is 42.5 Å². The number of halogens is 1. The molecular weight excluding hydrogens is 524 g/mol. The lowest BCUT2D eigenvalue weighted by Gasteiger charge is -2.37. The zero-order chi connectivity index (χ0) is 28.4. The number of esters is 3. The van der Waals surface area contributed by atoms with Crippen LogP contribution in [0.2, 0.25) is 0 Å². The summed E-state index contributed by atoms with van der Waals surface area (Å²) in [4.78, 5) is 51.1. The molecule has 0 amide bonds. The SMILES string of the molecule is C=C1C(=O)O[C@H]2[C@H]1[C@H](OC(=O)/C(=C\C)CO)[C@@H](O)[C@@H](C(=O)OCC(=O)[C@H](C)CC)[C@@H]1CC[C@@](CCl)(O1)[C@@H]2O. The van der Waals surface area contributed by atoms with Crippen LogP contribution in [0.1, 0.15) is 40.0 Å². The van der Waals surface area contributed by atoms with E-state index in [0.29, 0.717) is 6.42 Å². The highest BCUT2D eigenvalue weighted by Crippen LogP contribution is 2.47. The quantitative estimate of drug-likeness (QED) is 0.157. The van der Waals surface area contributed by atoms with E-state index in [2.05, 4.69) is 6.58 Å². The van der Waals surface area contributed by atoms with Crippen molar-refractivity contribution >= 4 is 35.3 Å². The average Bonchev–Trinajstić information content (AvgIpc) is 3.47. The molecule has 38 heavy (non-hydrogen) atoms. The number of aliphatic hydroxyl groups excluding tert-OH is 3. The van der Waals surface area contributed by atoms with Gasteiger partial charge in [-0.15, -0.1) is 11.6 Å². The topological polar surface area (TPSA) is 166 Å². The molecule has 0 unspecified atom stereocenters. The molecule has 3 N–H and O–H groups in total. The van der Waals surface area contributed by atoms with Crippen molar-refractivity contribution in [1.82, 2.24) is 0 Å². The van der Waals surface area contributed by atoms with Crippen LogP contribution in [-0.4, -0.2) is 94.2 Å². The fraction of sp³-hybridized carbons (Fsp3) is 0.692. The number of ketones is 1. The Hall–Kier alpha value is -2.31. The van der Waals surface area contributed by atoms with Crippen LogP contribution in [0.5, 0.6) is 0 Å². The van der Waals surface area contributed by atoms with Crippen LogP contribution in [-0.2, 0) is 38.1 Å². The normalized spacial score (nSPS) is 35.9. The number of ether oxygens (including phenoxy) is 4. The molecule has 2 bridgehead atoms. The second-order valence-electron chi connectivity index (χ2n) is 10.0. The minimum absolute atomic E-state index is 0.140. The van der Waals surface area contributed by atoms with Crippen molar-refractivity contribution in [3.63, 3.8) is 0 Å². The van der Waals surface area contributed by atoms with Gasteiger partial charge in [-0.05, 0) is 26.2 Å². The van der Waals surface area contributed by atoms with Crippen molar-refractivity contribution in [3.8, 4) is 0 Å². The molecule has 9 atom stereocenters. The molecule has 3 heterocycles. The Labute approximate surface area is 225 Å². The molecule has 0 aromatic rings. The zero-order valence-corrected chi connectivity index (χ0v) is 22.4. The van der Waals surface area contributed by atoms with E-state index >= 15 is 0 Å². The van der Waals surface area contributed by atoms with Crippen molar-refractivity contribution < 1.29 is 53.4 Å². The van der Waals surface area contributed by atoms with Gasteiger partial charge in [-0.25, -0.2) is 9.59 Å². The summed E-state index contributed by atoms with van der Waals surface area (Å²) in [5.41, 5.74) is -1.79. The summed E-state index contributed by atoms with van der Waals surface area (Å²) in [6, 6.07) is 0. The molecule has 0 aromatic carbocycles. The van der Waals surface area contributed by atoms with Gasteiger partial charge in [-0.2, -0.15) is 0 Å². The van der Waals surface area contributed by atoms with Gasteiger partial charge in [0.25, 0.3) is 0 Å². The molecule has 11 nitrogen and oxygen atoms in total. The molecule has 0 radical (unpaired) electrons. The smallest absolute Gasteiger partial charge is 0.336 e. The Bertz CT molecular complexity index is 994. The first-order valence-electron chi connectivity index (χ1n) is 12.6. The first kappa shape index (κ1) is 30.2. The molecule has 0 spiro atoms. The van der Waals surface area contributed by atoms with Crippen LogP contribution in [0.4, 0.5) is 0 Å². The lowest BCUT2D eigenvalue weighted by atomic mass is 9.76. The van der Waals surface area contributed by atoms with Gasteiger partial charge in [0.05, 0.1) is 30.1 Å². The molecule has 3 aliphatic rings. The maximum Gasteiger partial charge on any atom is 0.336 e. The monoisotopic (exact) mass is 558 g/mol. The van der Waals surface area contributed by atoms with Crippen molar-refractivity contribution in [3.05, 3.63) is 23.8 Å². The molecule has 0 aliphatic carbocycles. The van der Waals surface area contributed by atoms with E-state index < -0.39 is 79.1 Å². The predicted octanol–water partition coefficient (Wildman–Crippen LogP) is 0.601. The van der Waals surface area contributed by atoms with Gasteiger partial charge in [0.2, 0.25) is 0 Å². The summed E-state index contributed by atoms with van der Waals surface area (Å²) in [7, 11) is 0. The van der Waals surface area contributed by atoms with E-state index in [1.807, 2.05) is 6.92 Å². The third-order valence-corrected chi connectivity index (χ3v) is 8.30. The lowest BCUT2D eigenvalue weighted by Crippen LogP contribution is -2.54. The molecule has 3 aliphatic heterocycles. The molecule has 12 heteroatoms. The highest BCUT2D eigenvalue weighted by Gasteiger charge is 2.62. The maximum absolute atomic E-state index is 13.4. The minimum atomic E-state index is -1.83. The van der Waals surface area contributed by atoms with Crippen LogP contribution in [0.15, 0.2) is 23.8 Å². The number of aliphatic hydroxyl groups is 3. The Morgan fingerprint density at radius 1 is 1.32 bits per heavy atom. The summed E-state index contributed by atoms with van der Waals surface area (Å²) in [5.74, 6) is -6.57. The standard InChI is InChI=1S/C26H35ClO11/c1-5-12(3)15(29)10-35-25(34)18-16-7-8-26(11-27,38-16)22(31)21-17(13(4)23(32)37-21)20(19(18)30)36-24(33)14(6-2)9-28/h6,12,16-22,28,30-31H,4-5,7-11H2,1-3H3/b14-6-/t12-,16+,17-,18+,19+,20+,21+,22-,26+/m1/s1. The van der Waals surface area contributed by atoms with Crippen molar-refractivity contribution in [1.29, 1.82) is 0 Å². The number of alkyl halides is 1. The largest absolute Gasteiger partial charge is 0.457 e.